The van der Waals surface area contributed by atoms with Gasteiger partial charge >= 0.3 is 0 Å². The first-order chi connectivity index (χ1) is 9.28. The van der Waals surface area contributed by atoms with Crippen LogP contribution in [0, 0.1) is 10.7 Å². The normalized spacial score (nSPS) is 10.3. The summed E-state index contributed by atoms with van der Waals surface area (Å²) in [5.74, 6) is -0.172. The fourth-order valence-electron chi connectivity index (χ4n) is 1.39. The van der Waals surface area contributed by atoms with E-state index in [0.29, 0.717) is 5.69 Å². The van der Waals surface area contributed by atoms with Gasteiger partial charge in [-0.2, -0.15) is 5.26 Å². The second-order valence-electron chi connectivity index (χ2n) is 3.56. The minimum absolute atomic E-state index is 0.172. The summed E-state index contributed by atoms with van der Waals surface area (Å²) in [4.78, 5) is 13.6. The standard InChI is InChI=1S/C14H10N2OS2/c15-10-19-13-5-3-11(4-6-13)16-14(17)8-7-12-2-1-9-18-12/h1-9H,(H,16,17)/b8-7+. The summed E-state index contributed by atoms with van der Waals surface area (Å²) in [5, 5.41) is 15.3. The Kier molecular flexibility index (Phi) is 4.78. The van der Waals surface area contributed by atoms with Gasteiger partial charge in [0.2, 0.25) is 5.91 Å². The molecule has 2 aromatic rings. The Morgan fingerprint density at radius 1 is 1.32 bits per heavy atom. The molecule has 2 rings (SSSR count). The minimum atomic E-state index is -0.172. The maximum Gasteiger partial charge on any atom is 0.248 e. The van der Waals surface area contributed by atoms with Crippen LogP contribution in [0.3, 0.4) is 0 Å². The average Bonchev–Trinajstić information content (AvgIpc) is 2.92. The molecule has 3 nitrogen and oxygen atoms in total. The molecule has 0 saturated carbocycles. The first-order valence-corrected chi connectivity index (χ1v) is 7.16. The van der Waals surface area contributed by atoms with Crippen molar-refractivity contribution in [1.29, 1.82) is 5.26 Å². The van der Waals surface area contributed by atoms with Crippen LogP contribution in [-0.2, 0) is 4.79 Å². The van der Waals surface area contributed by atoms with Gasteiger partial charge in [0.25, 0.3) is 0 Å². The summed E-state index contributed by atoms with van der Waals surface area (Å²) in [5.41, 5.74) is 0.711. The van der Waals surface area contributed by atoms with Crippen LogP contribution in [0.4, 0.5) is 5.69 Å². The summed E-state index contributed by atoms with van der Waals surface area (Å²) >= 11 is 2.67. The number of hydrogen-bond acceptors (Lipinski definition) is 4. The van der Waals surface area contributed by atoms with Crippen molar-refractivity contribution < 1.29 is 4.79 Å². The maximum absolute atomic E-state index is 11.7. The lowest BCUT2D eigenvalue weighted by atomic mass is 10.3. The summed E-state index contributed by atoms with van der Waals surface area (Å²) in [7, 11) is 0. The molecule has 0 radical (unpaired) electrons. The Balaban J connectivity index is 1.93. The third kappa shape index (κ3) is 4.28. The van der Waals surface area contributed by atoms with Crippen LogP contribution in [0.2, 0.25) is 0 Å². The van der Waals surface area contributed by atoms with Crippen LogP contribution in [0.25, 0.3) is 6.08 Å². The predicted octanol–water partition coefficient (Wildman–Crippen LogP) is 3.97. The van der Waals surface area contributed by atoms with Crippen molar-refractivity contribution in [3.63, 3.8) is 0 Å². The number of thioether (sulfide) groups is 1. The van der Waals surface area contributed by atoms with Gasteiger partial charge in [-0.15, -0.1) is 11.3 Å². The molecule has 0 unspecified atom stereocenters. The number of anilines is 1. The number of carbonyl (C=O) groups excluding carboxylic acids is 1. The van der Waals surface area contributed by atoms with Crippen molar-refractivity contribution in [1.82, 2.24) is 0 Å². The second-order valence-corrected chi connectivity index (χ2v) is 5.39. The molecule has 0 aliphatic carbocycles. The SMILES string of the molecule is N#CSc1ccc(NC(=O)/C=C/c2cccs2)cc1. The number of thiophene rings is 1. The minimum Gasteiger partial charge on any atom is -0.323 e. The van der Waals surface area contributed by atoms with Gasteiger partial charge in [0, 0.05) is 21.5 Å². The lowest BCUT2D eigenvalue weighted by Crippen LogP contribution is -2.07. The van der Waals surface area contributed by atoms with E-state index in [4.69, 9.17) is 5.26 Å². The number of nitrogens with zero attached hydrogens (tertiary/aromatic N) is 1. The van der Waals surface area contributed by atoms with Crippen molar-refractivity contribution >= 4 is 40.8 Å². The fraction of sp³-hybridized carbons (Fsp3) is 0. The van der Waals surface area contributed by atoms with E-state index in [1.807, 2.05) is 22.9 Å². The first kappa shape index (κ1) is 13.4. The zero-order chi connectivity index (χ0) is 13.5. The molecule has 1 N–H and O–H groups in total. The first-order valence-electron chi connectivity index (χ1n) is 5.46. The molecule has 1 aromatic heterocycles. The topological polar surface area (TPSA) is 52.9 Å². The third-order valence-corrected chi connectivity index (χ3v) is 3.66. The van der Waals surface area contributed by atoms with E-state index in [9.17, 15) is 4.79 Å². The van der Waals surface area contributed by atoms with Crippen LogP contribution in [0.1, 0.15) is 4.88 Å². The molecule has 0 aliphatic heterocycles. The van der Waals surface area contributed by atoms with Crippen LogP contribution in [0.5, 0.6) is 0 Å². The number of benzene rings is 1. The van der Waals surface area contributed by atoms with Gasteiger partial charge in [0.15, 0.2) is 0 Å². The second kappa shape index (κ2) is 6.78. The number of nitrogens with one attached hydrogen (secondary N) is 1. The van der Waals surface area contributed by atoms with E-state index >= 15 is 0 Å². The molecule has 0 aliphatic rings. The summed E-state index contributed by atoms with van der Waals surface area (Å²) < 4.78 is 0. The summed E-state index contributed by atoms with van der Waals surface area (Å²) in [6.07, 6.45) is 3.28. The predicted molar refractivity (Wildman–Crippen MR) is 79.9 cm³/mol. The number of hydrogen-bond donors (Lipinski definition) is 1. The zero-order valence-electron chi connectivity index (χ0n) is 9.87. The molecule has 1 heterocycles. The number of carbonyl (C=O) groups is 1. The summed E-state index contributed by atoms with van der Waals surface area (Å²) in [6, 6.07) is 11.0. The van der Waals surface area contributed by atoms with Crippen molar-refractivity contribution in [2.24, 2.45) is 0 Å². The van der Waals surface area contributed by atoms with E-state index in [0.717, 1.165) is 21.5 Å². The molecule has 1 amide bonds. The highest BCUT2D eigenvalue weighted by Crippen LogP contribution is 2.19. The van der Waals surface area contributed by atoms with Crippen LogP contribution < -0.4 is 5.32 Å². The van der Waals surface area contributed by atoms with Gasteiger partial charge in [-0.1, -0.05) is 6.07 Å². The monoisotopic (exact) mass is 286 g/mol. The molecular weight excluding hydrogens is 276 g/mol. The Bertz CT molecular complexity index is 610. The molecule has 0 spiro atoms. The molecule has 0 saturated heterocycles. The summed E-state index contributed by atoms with van der Waals surface area (Å²) in [6.45, 7) is 0. The molecule has 0 atom stereocenters. The molecule has 94 valence electrons. The highest BCUT2D eigenvalue weighted by atomic mass is 32.2. The molecule has 0 bridgehead atoms. The van der Waals surface area contributed by atoms with E-state index < -0.39 is 0 Å². The molecular formula is C14H10N2OS2. The fourth-order valence-corrected chi connectivity index (χ4v) is 2.38. The number of rotatable bonds is 4. The van der Waals surface area contributed by atoms with Gasteiger partial charge in [-0.25, -0.2) is 0 Å². The average molecular weight is 286 g/mol. The Morgan fingerprint density at radius 3 is 2.74 bits per heavy atom. The molecule has 1 aromatic carbocycles. The number of thiocyanates is 1. The Morgan fingerprint density at radius 2 is 2.11 bits per heavy atom. The van der Waals surface area contributed by atoms with Gasteiger partial charge in [-0.3, -0.25) is 4.79 Å². The zero-order valence-corrected chi connectivity index (χ0v) is 11.5. The lowest BCUT2D eigenvalue weighted by Gasteiger charge is -2.02. The Hall–Kier alpha value is -2.03. The van der Waals surface area contributed by atoms with E-state index in [1.54, 1.807) is 41.7 Å². The van der Waals surface area contributed by atoms with Crippen molar-refractivity contribution in [3.8, 4) is 5.40 Å². The lowest BCUT2D eigenvalue weighted by molar-refractivity contribution is -0.111. The highest BCUT2D eigenvalue weighted by Gasteiger charge is 1.99. The smallest absolute Gasteiger partial charge is 0.248 e. The largest absolute Gasteiger partial charge is 0.323 e. The molecule has 0 fully saturated rings. The van der Waals surface area contributed by atoms with Gasteiger partial charge < -0.3 is 5.32 Å². The van der Waals surface area contributed by atoms with E-state index in [-0.39, 0.29) is 5.91 Å². The van der Waals surface area contributed by atoms with Crippen LogP contribution >= 0.6 is 23.1 Å². The van der Waals surface area contributed by atoms with Gasteiger partial charge in [0.1, 0.15) is 5.40 Å². The van der Waals surface area contributed by atoms with Gasteiger partial charge in [-0.05, 0) is 53.5 Å². The van der Waals surface area contributed by atoms with Crippen molar-refractivity contribution in [2.75, 3.05) is 5.32 Å². The van der Waals surface area contributed by atoms with E-state index in [2.05, 4.69) is 5.32 Å². The maximum atomic E-state index is 11.7. The number of nitriles is 1. The van der Waals surface area contributed by atoms with Gasteiger partial charge in [0.05, 0.1) is 0 Å². The van der Waals surface area contributed by atoms with Crippen LogP contribution in [-0.4, -0.2) is 5.91 Å². The highest BCUT2D eigenvalue weighted by molar-refractivity contribution is 8.03. The quantitative estimate of drug-likeness (QED) is 0.525. The van der Waals surface area contributed by atoms with Crippen molar-refractivity contribution in [3.05, 3.63) is 52.7 Å². The van der Waals surface area contributed by atoms with E-state index in [1.165, 1.54) is 6.08 Å². The number of amides is 1. The molecule has 19 heavy (non-hydrogen) atoms. The van der Waals surface area contributed by atoms with Crippen molar-refractivity contribution in [2.45, 2.75) is 4.90 Å². The van der Waals surface area contributed by atoms with Crippen LogP contribution in [0.15, 0.2) is 52.7 Å². The third-order valence-electron chi connectivity index (χ3n) is 2.23. The Labute approximate surface area is 119 Å². The molecule has 5 heteroatoms.